The molecule has 5 nitrogen and oxygen atoms in total. The third-order valence-corrected chi connectivity index (χ3v) is 6.00. The van der Waals surface area contributed by atoms with E-state index in [-0.39, 0.29) is 4.90 Å². The van der Waals surface area contributed by atoms with Crippen LogP contribution in [-0.4, -0.2) is 38.1 Å². The quantitative estimate of drug-likeness (QED) is 0.780. The molecule has 124 valence electrons. The first kappa shape index (κ1) is 16.5. The van der Waals surface area contributed by atoms with E-state index in [0.29, 0.717) is 12.8 Å². The van der Waals surface area contributed by atoms with Crippen LogP contribution in [0.25, 0.3) is 5.57 Å². The summed E-state index contributed by atoms with van der Waals surface area (Å²) in [5.41, 5.74) is 4.53. The van der Waals surface area contributed by atoms with Gasteiger partial charge in [0.2, 0.25) is 10.0 Å². The van der Waals surface area contributed by atoms with Gasteiger partial charge >= 0.3 is 0 Å². The first-order valence-electron chi connectivity index (χ1n) is 7.56. The van der Waals surface area contributed by atoms with Crippen molar-refractivity contribution in [2.75, 3.05) is 14.1 Å². The molecule has 0 N–H and O–H groups in total. The Kier molecular flexibility index (Phi) is 4.34. The molecule has 0 saturated carbocycles. The number of fused-ring (bicyclic) bond motifs is 1. The third kappa shape index (κ3) is 2.90. The number of benzene rings is 1. The van der Waals surface area contributed by atoms with Gasteiger partial charge in [-0.25, -0.2) is 12.7 Å². The van der Waals surface area contributed by atoms with Crippen molar-refractivity contribution in [1.82, 2.24) is 9.29 Å². The third-order valence-electron chi connectivity index (χ3n) is 4.17. The summed E-state index contributed by atoms with van der Waals surface area (Å²) in [6, 6.07) is 10.6. The number of allylic oxidation sites excluding steroid dienone is 2. The lowest BCUT2D eigenvalue weighted by molar-refractivity contribution is -0.104. The fourth-order valence-electron chi connectivity index (χ4n) is 2.82. The Morgan fingerprint density at radius 2 is 1.88 bits per heavy atom. The van der Waals surface area contributed by atoms with Crippen LogP contribution in [0, 0.1) is 0 Å². The molecular weight excluding hydrogens is 324 g/mol. The van der Waals surface area contributed by atoms with E-state index < -0.39 is 10.0 Å². The lowest BCUT2D eigenvalue weighted by Gasteiger charge is -2.12. The SMILES string of the molecule is CN(C)S(=O)(=O)c1ccc(CC2=C(C=O)Cc3cccnc32)cc1. The van der Waals surface area contributed by atoms with Crippen LogP contribution < -0.4 is 0 Å². The number of carbonyl (C=O) groups excluding carboxylic acids is 1. The molecule has 0 fully saturated rings. The number of rotatable bonds is 5. The van der Waals surface area contributed by atoms with Crippen molar-refractivity contribution in [3.63, 3.8) is 0 Å². The van der Waals surface area contributed by atoms with Crippen LogP contribution in [0.15, 0.2) is 53.1 Å². The zero-order chi connectivity index (χ0) is 17.3. The molecule has 2 aromatic rings. The summed E-state index contributed by atoms with van der Waals surface area (Å²) in [4.78, 5) is 16.0. The van der Waals surface area contributed by atoms with Gasteiger partial charge in [0.05, 0.1) is 10.6 Å². The lowest BCUT2D eigenvalue weighted by Crippen LogP contribution is -2.22. The van der Waals surface area contributed by atoms with Gasteiger partial charge < -0.3 is 0 Å². The van der Waals surface area contributed by atoms with Gasteiger partial charge in [-0.2, -0.15) is 0 Å². The van der Waals surface area contributed by atoms with Crippen molar-refractivity contribution in [1.29, 1.82) is 0 Å². The minimum Gasteiger partial charge on any atom is -0.298 e. The van der Waals surface area contributed by atoms with Gasteiger partial charge in [0.15, 0.2) is 0 Å². The average Bonchev–Trinajstić information content (AvgIpc) is 2.93. The van der Waals surface area contributed by atoms with Crippen LogP contribution in [0.4, 0.5) is 0 Å². The van der Waals surface area contributed by atoms with E-state index in [4.69, 9.17) is 0 Å². The molecule has 1 aromatic heterocycles. The topological polar surface area (TPSA) is 67.3 Å². The fraction of sp³-hybridized carbons (Fsp3) is 0.222. The summed E-state index contributed by atoms with van der Waals surface area (Å²) in [6.45, 7) is 0. The van der Waals surface area contributed by atoms with E-state index >= 15 is 0 Å². The molecule has 0 atom stereocenters. The molecule has 0 amide bonds. The first-order valence-corrected chi connectivity index (χ1v) is 9.00. The van der Waals surface area contributed by atoms with Gasteiger partial charge in [-0.1, -0.05) is 18.2 Å². The number of hydrogen-bond donors (Lipinski definition) is 0. The monoisotopic (exact) mass is 342 g/mol. The van der Waals surface area contributed by atoms with Crippen LogP contribution in [0.3, 0.4) is 0 Å². The Balaban J connectivity index is 1.91. The molecule has 24 heavy (non-hydrogen) atoms. The largest absolute Gasteiger partial charge is 0.298 e. The second-order valence-electron chi connectivity index (χ2n) is 5.92. The molecule has 1 aromatic carbocycles. The van der Waals surface area contributed by atoms with Crippen molar-refractivity contribution in [3.05, 3.63) is 65.0 Å². The van der Waals surface area contributed by atoms with Crippen LogP contribution >= 0.6 is 0 Å². The van der Waals surface area contributed by atoms with E-state index in [9.17, 15) is 13.2 Å². The number of nitrogens with zero attached hydrogens (tertiary/aromatic N) is 2. The number of hydrogen-bond acceptors (Lipinski definition) is 4. The maximum Gasteiger partial charge on any atom is 0.242 e. The van der Waals surface area contributed by atoms with Crippen molar-refractivity contribution < 1.29 is 13.2 Å². The summed E-state index contributed by atoms with van der Waals surface area (Å²) in [5.74, 6) is 0. The molecule has 1 heterocycles. The van der Waals surface area contributed by atoms with Crippen LogP contribution in [0.1, 0.15) is 16.8 Å². The zero-order valence-corrected chi connectivity index (χ0v) is 14.4. The molecule has 1 aliphatic carbocycles. The number of sulfonamides is 1. The standard InChI is InChI=1S/C18H18N2O3S/c1-20(2)24(22,23)16-7-5-13(6-8-16)10-17-15(12-21)11-14-4-3-9-19-18(14)17/h3-9,12H,10-11H2,1-2H3. The summed E-state index contributed by atoms with van der Waals surface area (Å²) in [7, 11) is -0.421. The predicted molar refractivity (Wildman–Crippen MR) is 91.9 cm³/mol. The van der Waals surface area contributed by atoms with Crippen molar-refractivity contribution in [2.45, 2.75) is 17.7 Å². The number of pyridine rings is 1. The molecule has 0 spiro atoms. The highest BCUT2D eigenvalue weighted by Crippen LogP contribution is 2.32. The molecule has 0 saturated heterocycles. The molecule has 0 bridgehead atoms. The molecule has 0 aliphatic heterocycles. The molecule has 3 rings (SSSR count). The highest BCUT2D eigenvalue weighted by molar-refractivity contribution is 7.89. The van der Waals surface area contributed by atoms with Gasteiger partial charge in [0.25, 0.3) is 0 Å². The van der Waals surface area contributed by atoms with Crippen LogP contribution in [0.5, 0.6) is 0 Å². The van der Waals surface area contributed by atoms with E-state index in [1.165, 1.54) is 18.4 Å². The smallest absolute Gasteiger partial charge is 0.242 e. The van der Waals surface area contributed by atoms with Crippen molar-refractivity contribution >= 4 is 21.9 Å². The minimum atomic E-state index is -3.43. The van der Waals surface area contributed by atoms with E-state index in [1.807, 2.05) is 12.1 Å². The normalized spacial score (nSPS) is 14.1. The fourth-order valence-corrected chi connectivity index (χ4v) is 3.72. The maximum atomic E-state index is 12.1. The van der Waals surface area contributed by atoms with Crippen LogP contribution in [-0.2, 0) is 27.7 Å². The predicted octanol–water partition coefficient (Wildman–Crippen LogP) is 2.08. The van der Waals surface area contributed by atoms with Gasteiger partial charge in [0, 0.05) is 32.3 Å². The molecule has 6 heteroatoms. The second-order valence-corrected chi connectivity index (χ2v) is 8.07. The molecule has 0 radical (unpaired) electrons. The van der Waals surface area contributed by atoms with Crippen LogP contribution in [0.2, 0.25) is 0 Å². The van der Waals surface area contributed by atoms with Crippen molar-refractivity contribution in [3.8, 4) is 0 Å². The number of aromatic nitrogens is 1. The van der Waals surface area contributed by atoms with E-state index in [1.54, 1.807) is 30.5 Å². The second kappa shape index (κ2) is 6.30. The van der Waals surface area contributed by atoms with E-state index in [2.05, 4.69) is 4.98 Å². The van der Waals surface area contributed by atoms with Gasteiger partial charge in [0.1, 0.15) is 6.29 Å². The average molecular weight is 342 g/mol. The Morgan fingerprint density at radius 3 is 2.50 bits per heavy atom. The highest BCUT2D eigenvalue weighted by atomic mass is 32.2. The maximum absolute atomic E-state index is 12.1. The first-order chi connectivity index (χ1) is 11.4. The highest BCUT2D eigenvalue weighted by Gasteiger charge is 2.22. The van der Waals surface area contributed by atoms with E-state index in [0.717, 1.165) is 34.3 Å². The molecule has 1 aliphatic rings. The Hall–Kier alpha value is -2.31. The Labute approximate surface area is 141 Å². The number of aldehydes is 1. The summed E-state index contributed by atoms with van der Waals surface area (Å²) >= 11 is 0. The zero-order valence-electron chi connectivity index (χ0n) is 13.6. The lowest BCUT2D eigenvalue weighted by atomic mass is 10.0. The summed E-state index contributed by atoms with van der Waals surface area (Å²) in [5, 5.41) is 0. The molecular formula is C18H18N2O3S. The van der Waals surface area contributed by atoms with Gasteiger partial charge in [-0.05, 0) is 41.3 Å². The Bertz CT molecular complexity index is 914. The Morgan fingerprint density at radius 1 is 1.17 bits per heavy atom. The van der Waals surface area contributed by atoms with Crippen molar-refractivity contribution in [2.24, 2.45) is 0 Å². The number of carbonyl (C=O) groups is 1. The summed E-state index contributed by atoms with van der Waals surface area (Å²) in [6.07, 6.45) is 3.77. The summed E-state index contributed by atoms with van der Waals surface area (Å²) < 4.78 is 25.4. The van der Waals surface area contributed by atoms with Gasteiger partial charge in [-0.3, -0.25) is 9.78 Å². The minimum absolute atomic E-state index is 0.255. The van der Waals surface area contributed by atoms with Gasteiger partial charge in [-0.15, -0.1) is 0 Å². The molecule has 0 unspecified atom stereocenters.